The van der Waals surface area contributed by atoms with Crippen molar-refractivity contribution in [1.29, 1.82) is 0 Å². The van der Waals surface area contributed by atoms with E-state index in [0.29, 0.717) is 6.54 Å². The summed E-state index contributed by atoms with van der Waals surface area (Å²) in [5.74, 6) is 0.114. The number of benzene rings is 2. The van der Waals surface area contributed by atoms with Gasteiger partial charge in [0.15, 0.2) is 0 Å². The summed E-state index contributed by atoms with van der Waals surface area (Å²) >= 11 is 5.90. The Morgan fingerprint density at radius 3 is 1.87 bits per heavy atom. The summed E-state index contributed by atoms with van der Waals surface area (Å²) in [6, 6.07) is 15.9. The Kier molecular flexibility index (Phi) is 5.84. The van der Waals surface area contributed by atoms with Crippen LogP contribution in [0.2, 0.25) is 5.02 Å². The van der Waals surface area contributed by atoms with Crippen molar-refractivity contribution in [2.45, 2.75) is 31.9 Å². The Morgan fingerprint density at radius 1 is 0.913 bits per heavy atom. The van der Waals surface area contributed by atoms with Crippen LogP contribution in [0.3, 0.4) is 0 Å². The molecule has 0 aromatic heterocycles. The lowest BCUT2D eigenvalue weighted by molar-refractivity contribution is 0.566. The van der Waals surface area contributed by atoms with E-state index < -0.39 is 15.3 Å². The number of hydrogen-bond acceptors (Lipinski definition) is 2. The summed E-state index contributed by atoms with van der Waals surface area (Å²) in [5, 5.41) is 0.304. The van der Waals surface area contributed by atoms with Crippen molar-refractivity contribution in [3.8, 4) is 11.1 Å². The van der Waals surface area contributed by atoms with E-state index in [1.807, 2.05) is 55.5 Å². The maximum Gasteiger partial charge on any atom is 0.213 e. The van der Waals surface area contributed by atoms with Crippen LogP contribution in [0, 0.1) is 0 Å². The molecule has 0 saturated carbocycles. The molecule has 0 aliphatic heterocycles. The minimum Gasteiger partial charge on any atom is -0.214 e. The van der Waals surface area contributed by atoms with Gasteiger partial charge in [-0.1, -0.05) is 54.9 Å². The summed E-state index contributed by atoms with van der Waals surface area (Å²) in [7, 11) is -3.22. The molecule has 0 aliphatic carbocycles. The van der Waals surface area contributed by atoms with E-state index in [9.17, 15) is 8.42 Å². The molecule has 0 spiro atoms. The molecule has 0 radical (unpaired) electrons. The van der Waals surface area contributed by atoms with Crippen LogP contribution in [-0.4, -0.2) is 20.2 Å². The van der Waals surface area contributed by atoms with Crippen LogP contribution in [0.15, 0.2) is 48.5 Å². The molecule has 0 heterocycles. The quantitative estimate of drug-likeness (QED) is 0.836. The molecule has 1 atom stereocenters. The second-order valence-corrected chi connectivity index (χ2v) is 8.73. The van der Waals surface area contributed by atoms with Crippen molar-refractivity contribution in [2.75, 3.05) is 6.54 Å². The van der Waals surface area contributed by atoms with E-state index in [4.69, 9.17) is 11.6 Å². The average Bonchev–Trinajstić information content (AvgIpc) is 2.53. The third-order valence-electron chi connectivity index (χ3n) is 3.87. The molecule has 0 bridgehead atoms. The van der Waals surface area contributed by atoms with E-state index in [-0.39, 0.29) is 5.92 Å². The third kappa shape index (κ3) is 4.80. The molecule has 0 unspecified atom stereocenters. The molecule has 0 amide bonds. The van der Waals surface area contributed by atoms with E-state index in [2.05, 4.69) is 4.72 Å². The van der Waals surface area contributed by atoms with Gasteiger partial charge in [-0.3, -0.25) is 0 Å². The van der Waals surface area contributed by atoms with Crippen LogP contribution < -0.4 is 4.72 Å². The first-order valence-corrected chi connectivity index (χ1v) is 9.56. The van der Waals surface area contributed by atoms with Gasteiger partial charge in [-0.15, -0.1) is 0 Å². The van der Waals surface area contributed by atoms with Gasteiger partial charge >= 0.3 is 0 Å². The molecule has 23 heavy (non-hydrogen) atoms. The van der Waals surface area contributed by atoms with Gasteiger partial charge in [0.25, 0.3) is 0 Å². The number of halogens is 1. The summed E-state index contributed by atoms with van der Waals surface area (Å²) < 4.78 is 26.3. The maximum absolute atomic E-state index is 11.8. The van der Waals surface area contributed by atoms with Crippen molar-refractivity contribution in [3.63, 3.8) is 0 Å². The molecule has 1 N–H and O–H groups in total. The minimum atomic E-state index is -3.22. The minimum absolute atomic E-state index is 0.114. The van der Waals surface area contributed by atoms with Crippen LogP contribution in [0.25, 0.3) is 11.1 Å². The number of hydrogen-bond donors (Lipinski definition) is 1. The molecule has 2 aromatic rings. The van der Waals surface area contributed by atoms with Crippen molar-refractivity contribution in [3.05, 3.63) is 59.1 Å². The lowest BCUT2D eigenvalue weighted by Crippen LogP contribution is -2.33. The molecule has 2 aromatic carbocycles. The highest BCUT2D eigenvalue weighted by Crippen LogP contribution is 2.24. The zero-order valence-corrected chi connectivity index (χ0v) is 15.2. The average molecular weight is 352 g/mol. The highest BCUT2D eigenvalue weighted by molar-refractivity contribution is 7.90. The Balaban J connectivity index is 2.05. The maximum atomic E-state index is 11.8. The zero-order valence-electron chi connectivity index (χ0n) is 13.6. The highest BCUT2D eigenvalue weighted by Gasteiger charge is 2.16. The van der Waals surface area contributed by atoms with Gasteiger partial charge in [-0.25, -0.2) is 13.1 Å². The van der Waals surface area contributed by atoms with Crippen molar-refractivity contribution in [1.82, 2.24) is 4.72 Å². The summed E-state index contributed by atoms with van der Waals surface area (Å²) in [5.41, 5.74) is 3.32. The molecule has 0 saturated heterocycles. The molecule has 0 fully saturated rings. The molecule has 2 rings (SSSR count). The fourth-order valence-electron chi connectivity index (χ4n) is 2.17. The van der Waals surface area contributed by atoms with Crippen LogP contribution in [0.1, 0.15) is 32.3 Å². The smallest absolute Gasteiger partial charge is 0.213 e. The molecule has 3 nitrogen and oxygen atoms in total. The van der Waals surface area contributed by atoms with Crippen LogP contribution >= 0.6 is 11.6 Å². The van der Waals surface area contributed by atoms with Gasteiger partial charge in [0.2, 0.25) is 10.0 Å². The number of nitrogens with one attached hydrogen (secondary N) is 1. The highest BCUT2D eigenvalue weighted by atomic mass is 35.5. The van der Waals surface area contributed by atoms with E-state index in [0.717, 1.165) is 21.7 Å². The SMILES string of the molecule is CC(C)S(=O)(=O)NC[C@H](C)c1ccc(-c2ccc(Cl)cc2)cc1. The third-order valence-corrected chi connectivity index (χ3v) is 5.93. The molecule has 5 heteroatoms. The predicted octanol–water partition coefficient (Wildman–Crippen LogP) is 4.44. The van der Waals surface area contributed by atoms with Gasteiger partial charge in [0.05, 0.1) is 5.25 Å². The summed E-state index contributed by atoms with van der Waals surface area (Å²) in [4.78, 5) is 0. The monoisotopic (exact) mass is 351 g/mol. The number of sulfonamides is 1. The molecule has 0 aliphatic rings. The van der Waals surface area contributed by atoms with Crippen LogP contribution in [-0.2, 0) is 10.0 Å². The first-order chi connectivity index (χ1) is 10.8. The summed E-state index contributed by atoms with van der Waals surface area (Å²) in [6.07, 6.45) is 0. The zero-order chi connectivity index (χ0) is 17.0. The Morgan fingerprint density at radius 2 is 1.39 bits per heavy atom. The van der Waals surface area contributed by atoms with Crippen molar-refractivity contribution in [2.24, 2.45) is 0 Å². The summed E-state index contributed by atoms with van der Waals surface area (Å²) in [6.45, 7) is 5.77. The van der Waals surface area contributed by atoms with Crippen LogP contribution in [0.5, 0.6) is 0 Å². The van der Waals surface area contributed by atoms with E-state index >= 15 is 0 Å². The fraction of sp³-hybridized carbons (Fsp3) is 0.333. The Labute approximate surface area is 143 Å². The van der Waals surface area contributed by atoms with Gasteiger partial charge in [-0.05, 0) is 48.6 Å². The van der Waals surface area contributed by atoms with Crippen molar-refractivity contribution >= 4 is 21.6 Å². The van der Waals surface area contributed by atoms with Crippen LogP contribution in [0.4, 0.5) is 0 Å². The lowest BCUT2D eigenvalue weighted by atomic mass is 9.98. The first-order valence-electron chi connectivity index (χ1n) is 7.64. The second kappa shape index (κ2) is 7.47. The lowest BCUT2D eigenvalue weighted by Gasteiger charge is -2.15. The normalized spacial score (nSPS) is 13.3. The topological polar surface area (TPSA) is 46.2 Å². The second-order valence-electron chi connectivity index (χ2n) is 5.97. The number of rotatable bonds is 6. The predicted molar refractivity (Wildman–Crippen MR) is 97.4 cm³/mol. The Bertz CT molecular complexity index is 738. The van der Waals surface area contributed by atoms with Gasteiger partial charge in [-0.2, -0.15) is 0 Å². The largest absolute Gasteiger partial charge is 0.214 e. The molecular formula is C18H22ClNO2S. The molecular weight excluding hydrogens is 330 g/mol. The Hall–Kier alpha value is -1.36. The van der Waals surface area contributed by atoms with Gasteiger partial charge < -0.3 is 0 Å². The first kappa shape index (κ1) is 18.0. The van der Waals surface area contributed by atoms with E-state index in [1.165, 1.54) is 0 Å². The standard InChI is InChI=1S/C18H22ClNO2S/c1-13(2)23(21,22)20-12-14(3)15-4-6-16(7-5-15)17-8-10-18(19)11-9-17/h4-11,13-14,20H,12H2,1-3H3/t14-/m0/s1. The van der Waals surface area contributed by atoms with Gasteiger partial charge in [0, 0.05) is 11.6 Å². The van der Waals surface area contributed by atoms with Crippen molar-refractivity contribution < 1.29 is 8.42 Å². The fourth-order valence-corrected chi connectivity index (χ4v) is 3.11. The van der Waals surface area contributed by atoms with E-state index in [1.54, 1.807) is 13.8 Å². The molecule has 124 valence electrons. The van der Waals surface area contributed by atoms with Gasteiger partial charge in [0.1, 0.15) is 0 Å².